The smallest absolute Gasteiger partial charge is 0.321 e. The van der Waals surface area contributed by atoms with E-state index in [-0.39, 0.29) is 12.8 Å². The van der Waals surface area contributed by atoms with Gasteiger partial charge in [0.25, 0.3) is 5.91 Å². The molecule has 1 saturated heterocycles. The van der Waals surface area contributed by atoms with Crippen molar-refractivity contribution in [3.8, 4) is 11.1 Å². The Bertz CT molecular complexity index is 869. The molecule has 0 aromatic heterocycles. The van der Waals surface area contributed by atoms with E-state index in [0.29, 0.717) is 17.9 Å². The van der Waals surface area contributed by atoms with E-state index in [1.807, 2.05) is 61.5 Å². The third-order valence-corrected chi connectivity index (χ3v) is 5.38. The zero-order chi connectivity index (χ0) is 20.9. The van der Waals surface area contributed by atoms with Crippen LogP contribution < -0.4 is 10.6 Å². The lowest BCUT2D eigenvalue weighted by Crippen LogP contribution is -2.62. The number of carbonyl (C=O) groups is 3. The molecule has 152 valence electrons. The maximum absolute atomic E-state index is 12.7. The summed E-state index contributed by atoms with van der Waals surface area (Å²) in [6.07, 6.45) is 2.26. The fourth-order valence-electron chi connectivity index (χ4n) is 3.79. The summed E-state index contributed by atoms with van der Waals surface area (Å²) in [6.45, 7) is 1.97. The average Bonchev–Trinajstić information content (AvgIpc) is 3.04. The predicted octanol–water partition coefficient (Wildman–Crippen LogP) is 2.88. The number of nitrogens with zero attached hydrogens (tertiary/aromatic N) is 1. The first-order valence-corrected chi connectivity index (χ1v) is 9.70. The Kier molecular flexibility index (Phi) is 6.29. The standard InChI is InChI=1S/C22H25N3O4/c1-2-3-13-22(20(27)23-21(28)24-22)19(25(29)15-26)14-16-9-11-18(12-10-16)17-7-5-4-6-8-17/h4-12,15,19,29H,2-3,13-14H2,1H3,(H2,23,24,27,28). The number of hydroxylamine groups is 2. The van der Waals surface area contributed by atoms with E-state index in [1.54, 1.807) is 0 Å². The molecule has 2 aromatic carbocycles. The summed E-state index contributed by atoms with van der Waals surface area (Å²) in [5.41, 5.74) is 1.57. The van der Waals surface area contributed by atoms with E-state index >= 15 is 0 Å². The predicted molar refractivity (Wildman–Crippen MR) is 108 cm³/mol. The normalized spacial score (nSPS) is 19.4. The SMILES string of the molecule is CCCCC1(C(Cc2ccc(-c3ccccc3)cc2)N(O)C=O)NC(=O)NC1=O. The first-order valence-electron chi connectivity index (χ1n) is 9.70. The van der Waals surface area contributed by atoms with Crippen LogP contribution in [0, 0.1) is 0 Å². The fourth-order valence-corrected chi connectivity index (χ4v) is 3.79. The maximum Gasteiger partial charge on any atom is 0.322 e. The van der Waals surface area contributed by atoms with E-state index in [0.717, 1.165) is 23.1 Å². The molecule has 1 aliphatic rings. The number of nitrogens with one attached hydrogen (secondary N) is 2. The summed E-state index contributed by atoms with van der Waals surface area (Å²) < 4.78 is 0. The molecule has 1 aliphatic heterocycles. The molecule has 0 bridgehead atoms. The van der Waals surface area contributed by atoms with Crippen molar-refractivity contribution in [2.75, 3.05) is 0 Å². The zero-order valence-corrected chi connectivity index (χ0v) is 16.3. The fraction of sp³-hybridized carbons (Fsp3) is 0.318. The first-order chi connectivity index (χ1) is 14.0. The van der Waals surface area contributed by atoms with Crippen molar-refractivity contribution in [2.24, 2.45) is 0 Å². The quantitative estimate of drug-likeness (QED) is 0.263. The van der Waals surface area contributed by atoms with Crippen LogP contribution in [0.2, 0.25) is 0 Å². The lowest BCUT2D eigenvalue weighted by molar-refractivity contribution is -0.170. The monoisotopic (exact) mass is 395 g/mol. The Labute approximate surface area is 169 Å². The van der Waals surface area contributed by atoms with Gasteiger partial charge in [0.2, 0.25) is 6.41 Å². The van der Waals surface area contributed by atoms with E-state index in [1.165, 1.54) is 0 Å². The summed E-state index contributed by atoms with van der Waals surface area (Å²) in [7, 11) is 0. The van der Waals surface area contributed by atoms with Crippen LogP contribution in [-0.4, -0.2) is 40.2 Å². The van der Waals surface area contributed by atoms with Crippen molar-refractivity contribution in [1.29, 1.82) is 0 Å². The van der Waals surface area contributed by atoms with Crippen molar-refractivity contribution in [2.45, 2.75) is 44.2 Å². The van der Waals surface area contributed by atoms with Gasteiger partial charge in [-0.2, -0.15) is 0 Å². The van der Waals surface area contributed by atoms with Crippen LogP contribution in [0.1, 0.15) is 31.7 Å². The van der Waals surface area contributed by atoms with Crippen molar-refractivity contribution in [3.05, 3.63) is 60.2 Å². The summed E-state index contributed by atoms with van der Waals surface area (Å²) >= 11 is 0. The molecular formula is C22H25N3O4. The van der Waals surface area contributed by atoms with Crippen molar-refractivity contribution in [1.82, 2.24) is 15.7 Å². The van der Waals surface area contributed by atoms with Crippen LogP contribution >= 0.6 is 0 Å². The van der Waals surface area contributed by atoms with Crippen LogP contribution in [0.3, 0.4) is 0 Å². The molecule has 29 heavy (non-hydrogen) atoms. The van der Waals surface area contributed by atoms with Gasteiger partial charge in [0.15, 0.2) is 0 Å². The number of unbranched alkanes of at least 4 members (excludes halogenated alkanes) is 1. The number of amides is 4. The second kappa shape index (κ2) is 8.87. The highest BCUT2D eigenvalue weighted by Crippen LogP contribution is 2.29. The van der Waals surface area contributed by atoms with Crippen molar-refractivity contribution >= 4 is 18.3 Å². The van der Waals surface area contributed by atoms with Gasteiger partial charge >= 0.3 is 6.03 Å². The van der Waals surface area contributed by atoms with E-state index in [9.17, 15) is 19.6 Å². The number of urea groups is 1. The molecule has 2 unspecified atom stereocenters. The minimum Gasteiger partial charge on any atom is -0.321 e. The second-order valence-electron chi connectivity index (χ2n) is 7.25. The third kappa shape index (κ3) is 4.30. The highest BCUT2D eigenvalue weighted by molar-refractivity contribution is 6.07. The molecular weight excluding hydrogens is 370 g/mol. The Morgan fingerprint density at radius 1 is 1.07 bits per heavy atom. The highest BCUT2D eigenvalue weighted by Gasteiger charge is 2.53. The van der Waals surface area contributed by atoms with Gasteiger partial charge in [-0.05, 0) is 29.5 Å². The van der Waals surface area contributed by atoms with Gasteiger partial charge in [0, 0.05) is 0 Å². The van der Waals surface area contributed by atoms with Gasteiger partial charge in [-0.1, -0.05) is 74.4 Å². The molecule has 1 heterocycles. The Balaban J connectivity index is 1.89. The number of hydrogen-bond donors (Lipinski definition) is 3. The summed E-state index contributed by atoms with van der Waals surface area (Å²) in [5.74, 6) is -0.525. The lowest BCUT2D eigenvalue weighted by Gasteiger charge is -2.37. The molecule has 2 aromatic rings. The van der Waals surface area contributed by atoms with Gasteiger partial charge < -0.3 is 5.32 Å². The molecule has 7 heteroatoms. The molecule has 7 nitrogen and oxygen atoms in total. The van der Waals surface area contributed by atoms with Crippen LogP contribution in [0.5, 0.6) is 0 Å². The topological polar surface area (TPSA) is 98.7 Å². The molecule has 3 rings (SSSR count). The van der Waals surface area contributed by atoms with Gasteiger partial charge in [0.05, 0.1) is 6.04 Å². The van der Waals surface area contributed by atoms with Crippen LogP contribution in [-0.2, 0) is 16.0 Å². The third-order valence-electron chi connectivity index (χ3n) is 5.38. The van der Waals surface area contributed by atoms with Crippen molar-refractivity contribution in [3.63, 3.8) is 0 Å². The average molecular weight is 395 g/mol. The Morgan fingerprint density at radius 3 is 2.28 bits per heavy atom. The largest absolute Gasteiger partial charge is 0.322 e. The summed E-state index contributed by atoms with van der Waals surface area (Å²) in [5, 5.41) is 15.7. The van der Waals surface area contributed by atoms with Gasteiger partial charge in [-0.3, -0.25) is 20.1 Å². The summed E-state index contributed by atoms with van der Waals surface area (Å²) in [6, 6.07) is 16.1. The van der Waals surface area contributed by atoms with Gasteiger partial charge in [-0.25, -0.2) is 9.86 Å². The highest BCUT2D eigenvalue weighted by atomic mass is 16.5. The molecule has 3 N–H and O–H groups in total. The number of hydrogen-bond acceptors (Lipinski definition) is 4. The Morgan fingerprint density at radius 2 is 1.72 bits per heavy atom. The van der Waals surface area contributed by atoms with Crippen molar-refractivity contribution < 1.29 is 19.6 Å². The maximum atomic E-state index is 12.7. The first kappa shape index (κ1) is 20.5. The van der Waals surface area contributed by atoms with Gasteiger partial charge in [-0.15, -0.1) is 0 Å². The summed E-state index contributed by atoms with van der Waals surface area (Å²) in [4.78, 5) is 35.9. The van der Waals surface area contributed by atoms with E-state index in [2.05, 4.69) is 10.6 Å². The molecule has 0 radical (unpaired) electrons. The van der Waals surface area contributed by atoms with Crippen LogP contribution in [0.25, 0.3) is 11.1 Å². The number of carbonyl (C=O) groups excluding carboxylic acids is 3. The number of rotatable bonds is 9. The molecule has 0 aliphatic carbocycles. The Hall–Kier alpha value is -3.19. The van der Waals surface area contributed by atoms with Crippen LogP contribution in [0.15, 0.2) is 54.6 Å². The van der Waals surface area contributed by atoms with Gasteiger partial charge in [0.1, 0.15) is 5.54 Å². The minimum atomic E-state index is -1.37. The van der Waals surface area contributed by atoms with E-state index < -0.39 is 23.5 Å². The lowest BCUT2D eigenvalue weighted by atomic mass is 9.81. The molecule has 0 spiro atoms. The molecule has 4 amide bonds. The second-order valence-corrected chi connectivity index (χ2v) is 7.25. The zero-order valence-electron chi connectivity index (χ0n) is 16.3. The molecule has 1 fully saturated rings. The molecule has 2 atom stereocenters. The number of imide groups is 1. The minimum absolute atomic E-state index is 0.210. The number of benzene rings is 2. The van der Waals surface area contributed by atoms with E-state index in [4.69, 9.17) is 0 Å². The molecule has 0 saturated carbocycles. The van der Waals surface area contributed by atoms with Crippen LogP contribution in [0.4, 0.5) is 4.79 Å².